The van der Waals surface area contributed by atoms with Crippen LogP contribution in [-0.2, 0) is 0 Å². The number of benzene rings is 2. The normalized spacial score (nSPS) is 20.4. The maximum Gasteiger partial charge on any atom is 0.143 e. The van der Waals surface area contributed by atoms with Crippen molar-refractivity contribution < 1.29 is 4.39 Å². The van der Waals surface area contributed by atoms with Gasteiger partial charge in [-0.3, -0.25) is 0 Å². The van der Waals surface area contributed by atoms with Gasteiger partial charge in [-0.2, -0.15) is 5.26 Å². The number of nitrogens with one attached hydrogen (secondary N) is 1. The van der Waals surface area contributed by atoms with Crippen molar-refractivity contribution >= 4 is 17.3 Å². The Morgan fingerprint density at radius 1 is 1.14 bits per heavy atom. The molecule has 2 nitrogen and oxygen atoms in total. The summed E-state index contributed by atoms with van der Waals surface area (Å²) in [6, 6.07) is 14.7. The monoisotopic (exact) mass is 300 g/mol. The third kappa shape index (κ3) is 2.72. The molecule has 2 aromatic carbocycles. The molecule has 1 N–H and O–H groups in total. The Labute approximate surface area is 128 Å². The van der Waals surface area contributed by atoms with E-state index in [-0.39, 0.29) is 11.6 Å². The SMILES string of the molecule is N#Cc1c(F)cccc1NC1CC(c2ccccc2Cl)C1. The summed E-state index contributed by atoms with van der Waals surface area (Å²) < 4.78 is 13.5. The number of rotatable bonds is 3. The summed E-state index contributed by atoms with van der Waals surface area (Å²) in [6.45, 7) is 0. The number of halogens is 2. The average Bonchev–Trinajstić information content (AvgIpc) is 2.44. The molecule has 0 aliphatic heterocycles. The van der Waals surface area contributed by atoms with Gasteiger partial charge in [0.05, 0.1) is 5.69 Å². The van der Waals surface area contributed by atoms with E-state index in [0.717, 1.165) is 23.4 Å². The molecule has 0 bridgehead atoms. The Balaban J connectivity index is 1.67. The van der Waals surface area contributed by atoms with Gasteiger partial charge in [-0.25, -0.2) is 4.39 Å². The van der Waals surface area contributed by atoms with Gasteiger partial charge in [-0.05, 0) is 42.5 Å². The molecule has 0 unspecified atom stereocenters. The van der Waals surface area contributed by atoms with Crippen molar-refractivity contribution in [3.63, 3.8) is 0 Å². The van der Waals surface area contributed by atoms with Crippen LogP contribution >= 0.6 is 11.6 Å². The first-order valence-corrected chi connectivity index (χ1v) is 7.26. The number of hydrogen-bond acceptors (Lipinski definition) is 2. The molecule has 0 spiro atoms. The van der Waals surface area contributed by atoms with E-state index < -0.39 is 5.82 Å². The van der Waals surface area contributed by atoms with Gasteiger partial charge in [0.15, 0.2) is 0 Å². The van der Waals surface area contributed by atoms with E-state index in [0.29, 0.717) is 11.6 Å². The second-order valence-corrected chi connectivity index (χ2v) is 5.71. The summed E-state index contributed by atoms with van der Waals surface area (Å²) in [7, 11) is 0. The largest absolute Gasteiger partial charge is 0.381 e. The lowest BCUT2D eigenvalue weighted by Gasteiger charge is -2.37. The van der Waals surface area contributed by atoms with Gasteiger partial charge in [0, 0.05) is 11.1 Å². The van der Waals surface area contributed by atoms with Crippen LogP contribution in [0.2, 0.25) is 5.02 Å². The first-order chi connectivity index (χ1) is 10.2. The first kappa shape index (κ1) is 13.9. The van der Waals surface area contributed by atoms with Crippen LogP contribution in [0.5, 0.6) is 0 Å². The predicted octanol–water partition coefficient (Wildman–Crippen LogP) is 4.71. The lowest BCUT2D eigenvalue weighted by molar-refractivity contribution is 0.374. The minimum absolute atomic E-state index is 0.0821. The highest BCUT2D eigenvalue weighted by Crippen LogP contribution is 2.41. The van der Waals surface area contributed by atoms with Gasteiger partial charge in [0.1, 0.15) is 17.4 Å². The standard InChI is InChI=1S/C17H14ClFN2/c18-15-5-2-1-4-13(15)11-8-12(9-11)21-17-7-3-6-16(19)14(17)10-20/h1-7,11-12,21H,8-9H2. The average molecular weight is 301 g/mol. The van der Waals surface area contributed by atoms with Crippen molar-refractivity contribution in [3.8, 4) is 6.07 Å². The zero-order valence-electron chi connectivity index (χ0n) is 11.3. The van der Waals surface area contributed by atoms with Gasteiger partial charge >= 0.3 is 0 Å². The Kier molecular flexibility index (Phi) is 3.81. The molecule has 4 heteroatoms. The number of nitrogens with zero attached hydrogens (tertiary/aromatic N) is 1. The maximum absolute atomic E-state index is 13.5. The van der Waals surface area contributed by atoms with Gasteiger partial charge in [0.2, 0.25) is 0 Å². The summed E-state index contributed by atoms with van der Waals surface area (Å²) in [5.41, 5.74) is 1.82. The molecule has 2 aromatic rings. The van der Waals surface area contributed by atoms with Crippen molar-refractivity contribution in [2.24, 2.45) is 0 Å². The Morgan fingerprint density at radius 3 is 2.62 bits per heavy atom. The lowest BCUT2D eigenvalue weighted by atomic mass is 9.75. The van der Waals surface area contributed by atoms with E-state index in [1.165, 1.54) is 6.07 Å². The summed E-state index contributed by atoms with van der Waals surface area (Å²) in [5, 5.41) is 13.1. The Morgan fingerprint density at radius 2 is 1.90 bits per heavy atom. The number of nitriles is 1. The van der Waals surface area contributed by atoms with Crippen molar-refractivity contribution in [1.82, 2.24) is 0 Å². The smallest absolute Gasteiger partial charge is 0.143 e. The second-order valence-electron chi connectivity index (χ2n) is 5.31. The minimum atomic E-state index is -0.482. The van der Waals surface area contributed by atoms with E-state index >= 15 is 0 Å². The highest BCUT2D eigenvalue weighted by atomic mass is 35.5. The highest BCUT2D eigenvalue weighted by molar-refractivity contribution is 6.31. The van der Waals surface area contributed by atoms with Crippen LogP contribution in [0.4, 0.5) is 10.1 Å². The summed E-state index contributed by atoms with van der Waals surface area (Å²) >= 11 is 6.20. The van der Waals surface area contributed by atoms with Crippen molar-refractivity contribution in [2.75, 3.05) is 5.32 Å². The zero-order valence-corrected chi connectivity index (χ0v) is 12.1. The molecule has 0 aromatic heterocycles. The molecule has 0 atom stereocenters. The molecular formula is C17H14ClFN2. The highest BCUT2D eigenvalue weighted by Gasteiger charge is 2.31. The van der Waals surface area contributed by atoms with Crippen LogP contribution in [-0.4, -0.2) is 6.04 Å². The quantitative estimate of drug-likeness (QED) is 0.891. The molecule has 3 rings (SSSR count). The fourth-order valence-electron chi connectivity index (χ4n) is 2.77. The molecule has 0 saturated heterocycles. The van der Waals surface area contributed by atoms with Crippen LogP contribution in [0, 0.1) is 17.1 Å². The third-order valence-corrected chi connectivity index (χ3v) is 4.31. The fourth-order valence-corrected chi connectivity index (χ4v) is 3.06. The van der Waals surface area contributed by atoms with Gasteiger partial charge in [-0.1, -0.05) is 35.9 Å². The van der Waals surface area contributed by atoms with Crippen molar-refractivity contribution in [1.29, 1.82) is 5.26 Å². The Hall–Kier alpha value is -2.05. The number of anilines is 1. The first-order valence-electron chi connectivity index (χ1n) is 6.88. The topological polar surface area (TPSA) is 35.8 Å². The van der Waals surface area contributed by atoms with Crippen LogP contribution in [0.1, 0.15) is 29.9 Å². The molecule has 1 aliphatic carbocycles. The molecule has 1 saturated carbocycles. The molecular weight excluding hydrogens is 287 g/mol. The van der Waals surface area contributed by atoms with E-state index in [4.69, 9.17) is 16.9 Å². The van der Waals surface area contributed by atoms with Crippen molar-refractivity contribution in [3.05, 3.63) is 64.4 Å². The molecule has 106 valence electrons. The molecule has 0 heterocycles. The second kappa shape index (κ2) is 5.75. The fraction of sp³-hybridized carbons (Fsp3) is 0.235. The summed E-state index contributed by atoms with van der Waals surface area (Å²) in [5.74, 6) is -0.0558. The van der Waals surface area contributed by atoms with Crippen LogP contribution in [0.15, 0.2) is 42.5 Å². The molecule has 21 heavy (non-hydrogen) atoms. The Bertz CT molecular complexity index is 702. The van der Waals surface area contributed by atoms with Crippen LogP contribution < -0.4 is 5.32 Å². The molecule has 0 amide bonds. The van der Waals surface area contributed by atoms with Gasteiger partial charge in [-0.15, -0.1) is 0 Å². The van der Waals surface area contributed by atoms with E-state index in [9.17, 15) is 4.39 Å². The van der Waals surface area contributed by atoms with Crippen LogP contribution in [0.25, 0.3) is 0 Å². The van der Waals surface area contributed by atoms with E-state index in [2.05, 4.69) is 5.32 Å². The molecule has 1 aliphatic rings. The van der Waals surface area contributed by atoms with E-state index in [1.807, 2.05) is 30.3 Å². The molecule has 0 radical (unpaired) electrons. The molecule has 1 fully saturated rings. The van der Waals surface area contributed by atoms with Crippen LogP contribution in [0.3, 0.4) is 0 Å². The van der Waals surface area contributed by atoms with Gasteiger partial charge in [0.25, 0.3) is 0 Å². The van der Waals surface area contributed by atoms with Gasteiger partial charge < -0.3 is 5.32 Å². The number of hydrogen-bond donors (Lipinski definition) is 1. The summed E-state index contributed by atoms with van der Waals surface area (Å²) in [4.78, 5) is 0. The summed E-state index contributed by atoms with van der Waals surface area (Å²) in [6.07, 6.45) is 1.87. The minimum Gasteiger partial charge on any atom is -0.381 e. The van der Waals surface area contributed by atoms with Crippen molar-refractivity contribution in [2.45, 2.75) is 24.8 Å². The zero-order chi connectivity index (χ0) is 14.8. The lowest BCUT2D eigenvalue weighted by Crippen LogP contribution is -2.34. The van der Waals surface area contributed by atoms with E-state index in [1.54, 1.807) is 12.1 Å². The third-order valence-electron chi connectivity index (χ3n) is 3.97. The predicted molar refractivity (Wildman–Crippen MR) is 82.0 cm³/mol. The maximum atomic E-state index is 13.5.